The first-order valence-electron chi connectivity index (χ1n) is 7.04. The van der Waals surface area contributed by atoms with Crippen LogP contribution in [0.25, 0.3) is 0 Å². The number of amides is 1. The van der Waals surface area contributed by atoms with E-state index in [2.05, 4.69) is 10.2 Å². The molecule has 1 atom stereocenters. The monoisotopic (exact) mass is 314 g/mol. The molecule has 1 amide bonds. The molecular weight excluding hydrogens is 295 g/mol. The van der Waals surface area contributed by atoms with Crippen molar-refractivity contribution in [2.24, 2.45) is 5.92 Å². The average molecular weight is 315 g/mol. The van der Waals surface area contributed by atoms with Crippen LogP contribution < -0.4 is 5.32 Å². The fourth-order valence-corrected chi connectivity index (χ4v) is 3.16. The van der Waals surface area contributed by atoms with Crippen LogP contribution >= 0.6 is 23.2 Å². The largest absolute Gasteiger partial charge is 0.356 e. The third-order valence-electron chi connectivity index (χ3n) is 3.67. The standard InChI is InChI=1S/C15H20Cl2N2O/c1-2-18-15(20)11-5-4-8-19(9-11)10-12-13(16)6-3-7-14(12)17/h3,6-7,11H,2,4-5,8-10H2,1H3,(H,18,20). The van der Waals surface area contributed by atoms with Gasteiger partial charge in [-0.25, -0.2) is 0 Å². The molecule has 1 aliphatic heterocycles. The zero-order chi connectivity index (χ0) is 14.5. The predicted molar refractivity (Wildman–Crippen MR) is 83.1 cm³/mol. The Kier molecular flexibility index (Phi) is 5.70. The molecule has 0 aliphatic carbocycles. The second-order valence-electron chi connectivity index (χ2n) is 5.17. The Morgan fingerprint density at radius 1 is 1.40 bits per heavy atom. The van der Waals surface area contributed by atoms with Gasteiger partial charge >= 0.3 is 0 Å². The van der Waals surface area contributed by atoms with Gasteiger partial charge in [-0.1, -0.05) is 29.3 Å². The van der Waals surface area contributed by atoms with E-state index in [1.807, 2.05) is 25.1 Å². The maximum atomic E-state index is 11.9. The molecule has 1 aromatic carbocycles. The van der Waals surface area contributed by atoms with Gasteiger partial charge in [-0.15, -0.1) is 0 Å². The summed E-state index contributed by atoms with van der Waals surface area (Å²) in [7, 11) is 0. The fourth-order valence-electron chi connectivity index (χ4n) is 2.64. The van der Waals surface area contributed by atoms with E-state index in [9.17, 15) is 4.79 Å². The SMILES string of the molecule is CCNC(=O)C1CCCN(Cc2c(Cl)cccc2Cl)C1. The van der Waals surface area contributed by atoms with Gasteiger partial charge in [0.1, 0.15) is 0 Å². The molecule has 1 saturated heterocycles. The molecule has 1 N–H and O–H groups in total. The number of nitrogens with zero attached hydrogens (tertiary/aromatic N) is 1. The Morgan fingerprint density at radius 3 is 2.75 bits per heavy atom. The van der Waals surface area contributed by atoms with Crippen molar-refractivity contribution in [1.82, 2.24) is 10.2 Å². The summed E-state index contributed by atoms with van der Waals surface area (Å²) in [6.45, 7) is 5.09. The van der Waals surface area contributed by atoms with Gasteiger partial charge < -0.3 is 5.32 Å². The quantitative estimate of drug-likeness (QED) is 0.924. The zero-order valence-electron chi connectivity index (χ0n) is 11.7. The molecule has 0 spiro atoms. The molecule has 1 heterocycles. The lowest BCUT2D eigenvalue weighted by molar-refractivity contribution is -0.126. The zero-order valence-corrected chi connectivity index (χ0v) is 13.2. The third-order valence-corrected chi connectivity index (χ3v) is 4.38. The molecule has 5 heteroatoms. The van der Waals surface area contributed by atoms with E-state index in [-0.39, 0.29) is 11.8 Å². The van der Waals surface area contributed by atoms with Crippen molar-refractivity contribution in [3.05, 3.63) is 33.8 Å². The molecule has 1 fully saturated rings. The van der Waals surface area contributed by atoms with E-state index < -0.39 is 0 Å². The molecule has 3 nitrogen and oxygen atoms in total. The summed E-state index contributed by atoms with van der Waals surface area (Å²) in [5.41, 5.74) is 0.951. The smallest absolute Gasteiger partial charge is 0.224 e. The molecule has 20 heavy (non-hydrogen) atoms. The first-order valence-corrected chi connectivity index (χ1v) is 7.80. The minimum atomic E-state index is 0.0740. The number of piperidine rings is 1. The van der Waals surface area contributed by atoms with E-state index in [0.717, 1.165) is 31.5 Å². The molecule has 110 valence electrons. The third kappa shape index (κ3) is 3.87. The van der Waals surface area contributed by atoms with Crippen molar-refractivity contribution in [3.8, 4) is 0 Å². The molecule has 1 unspecified atom stereocenters. The summed E-state index contributed by atoms with van der Waals surface area (Å²) in [4.78, 5) is 14.2. The van der Waals surface area contributed by atoms with E-state index in [1.54, 1.807) is 0 Å². The molecule has 0 radical (unpaired) electrons. The van der Waals surface area contributed by atoms with Crippen LogP contribution in [0.3, 0.4) is 0 Å². The normalized spacial score (nSPS) is 19.9. The van der Waals surface area contributed by atoms with Crippen molar-refractivity contribution in [2.75, 3.05) is 19.6 Å². The van der Waals surface area contributed by atoms with E-state index in [0.29, 0.717) is 23.1 Å². The van der Waals surface area contributed by atoms with Crippen LogP contribution in [0.5, 0.6) is 0 Å². The van der Waals surface area contributed by atoms with Gasteiger partial charge in [0, 0.05) is 35.2 Å². The first kappa shape index (κ1) is 15.6. The lowest BCUT2D eigenvalue weighted by atomic mass is 9.96. The van der Waals surface area contributed by atoms with Crippen molar-refractivity contribution in [3.63, 3.8) is 0 Å². The number of rotatable bonds is 4. The summed E-state index contributed by atoms with van der Waals surface area (Å²) in [6, 6.07) is 5.56. The van der Waals surface area contributed by atoms with Crippen LogP contribution in [0.2, 0.25) is 10.0 Å². The molecule has 0 aromatic heterocycles. The summed E-state index contributed by atoms with van der Waals surface area (Å²) in [5, 5.41) is 4.29. The Bertz CT molecular complexity index is 459. The van der Waals surface area contributed by atoms with Gasteiger partial charge in [-0.05, 0) is 38.4 Å². The van der Waals surface area contributed by atoms with Gasteiger partial charge in [0.05, 0.1) is 5.92 Å². The lowest BCUT2D eigenvalue weighted by Gasteiger charge is -2.32. The molecule has 0 bridgehead atoms. The lowest BCUT2D eigenvalue weighted by Crippen LogP contribution is -2.42. The molecular formula is C15H20Cl2N2O. The highest BCUT2D eigenvalue weighted by molar-refractivity contribution is 6.35. The van der Waals surface area contributed by atoms with Crippen LogP contribution in [0, 0.1) is 5.92 Å². The van der Waals surface area contributed by atoms with Crippen LogP contribution in [-0.4, -0.2) is 30.4 Å². The summed E-state index contributed by atoms with van der Waals surface area (Å²) < 4.78 is 0. The second-order valence-corrected chi connectivity index (χ2v) is 5.98. The minimum absolute atomic E-state index is 0.0740. The number of carbonyl (C=O) groups is 1. The molecule has 0 saturated carbocycles. The van der Waals surface area contributed by atoms with E-state index in [4.69, 9.17) is 23.2 Å². The van der Waals surface area contributed by atoms with Crippen molar-refractivity contribution >= 4 is 29.1 Å². The summed E-state index contributed by atoms with van der Waals surface area (Å²) in [5.74, 6) is 0.229. The minimum Gasteiger partial charge on any atom is -0.356 e. The van der Waals surface area contributed by atoms with Crippen molar-refractivity contribution < 1.29 is 4.79 Å². The second kappa shape index (κ2) is 7.30. The Labute approximate surface area is 130 Å². The molecule has 2 rings (SSSR count). The number of likely N-dealkylation sites (tertiary alicyclic amines) is 1. The number of hydrogen-bond donors (Lipinski definition) is 1. The van der Waals surface area contributed by atoms with Crippen molar-refractivity contribution in [2.45, 2.75) is 26.3 Å². The Morgan fingerprint density at radius 2 is 2.10 bits per heavy atom. The first-order chi connectivity index (χ1) is 9.61. The highest BCUT2D eigenvalue weighted by atomic mass is 35.5. The van der Waals surface area contributed by atoms with Gasteiger partial charge in [0.15, 0.2) is 0 Å². The number of nitrogens with one attached hydrogen (secondary N) is 1. The highest BCUT2D eigenvalue weighted by Crippen LogP contribution is 2.27. The summed E-state index contributed by atoms with van der Waals surface area (Å²) >= 11 is 12.4. The van der Waals surface area contributed by atoms with Gasteiger partial charge in [0.2, 0.25) is 5.91 Å². The average Bonchev–Trinajstić information content (AvgIpc) is 2.44. The number of carbonyl (C=O) groups excluding carboxylic acids is 1. The number of halogens is 2. The van der Waals surface area contributed by atoms with Crippen molar-refractivity contribution in [1.29, 1.82) is 0 Å². The van der Waals surface area contributed by atoms with Crippen LogP contribution in [-0.2, 0) is 11.3 Å². The molecule has 1 aromatic rings. The van der Waals surface area contributed by atoms with Gasteiger partial charge in [-0.2, -0.15) is 0 Å². The van der Waals surface area contributed by atoms with Crippen LogP contribution in [0.4, 0.5) is 0 Å². The Hall–Kier alpha value is -0.770. The van der Waals surface area contributed by atoms with E-state index >= 15 is 0 Å². The Balaban J connectivity index is 2.01. The van der Waals surface area contributed by atoms with Crippen LogP contribution in [0.1, 0.15) is 25.3 Å². The maximum Gasteiger partial charge on any atom is 0.224 e. The molecule has 1 aliphatic rings. The predicted octanol–water partition coefficient (Wildman–Crippen LogP) is 3.34. The maximum absolute atomic E-state index is 11.9. The van der Waals surface area contributed by atoms with Gasteiger partial charge in [-0.3, -0.25) is 9.69 Å². The van der Waals surface area contributed by atoms with Crippen LogP contribution in [0.15, 0.2) is 18.2 Å². The summed E-state index contributed by atoms with van der Waals surface area (Å²) in [6.07, 6.45) is 1.99. The fraction of sp³-hybridized carbons (Fsp3) is 0.533. The topological polar surface area (TPSA) is 32.3 Å². The van der Waals surface area contributed by atoms with E-state index in [1.165, 1.54) is 0 Å². The number of hydrogen-bond acceptors (Lipinski definition) is 2. The number of benzene rings is 1. The highest BCUT2D eigenvalue weighted by Gasteiger charge is 2.26. The van der Waals surface area contributed by atoms with Gasteiger partial charge in [0.25, 0.3) is 0 Å².